The minimum Gasteiger partial charge on any atom is -0.377 e. The fourth-order valence-corrected chi connectivity index (χ4v) is 3.63. The van der Waals surface area contributed by atoms with E-state index in [1.807, 2.05) is 0 Å². The van der Waals surface area contributed by atoms with E-state index in [0.29, 0.717) is 59.5 Å². The highest BCUT2D eigenvalue weighted by molar-refractivity contribution is 6.02. The first kappa shape index (κ1) is 20.3. The van der Waals surface area contributed by atoms with Crippen molar-refractivity contribution in [1.29, 1.82) is 0 Å². The lowest BCUT2D eigenvalue weighted by atomic mass is 9.97. The van der Waals surface area contributed by atoms with Crippen LogP contribution in [0.4, 0.5) is 0 Å². The minimum atomic E-state index is -0.126. The van der Waals surface area contributed by atoms with Gasteiger partial charge in [-0.15, -0.1) is 0 Å². The van der Waals surface area contributed by atoms with E-state index in [0.717, 1.165) is 0 Å². The molecule has 0 aromatic heterocycles. The van der Waals surface area contributed by atoms with Crippen molar-refractivity contribution < 1.29 is 23.7 Å². The van der Waals surface area contributed by atoms with Crippen LogP contribution in [0.15, 0.2) is 54.6 Å². The third-order valence-corrected chi connectivity index (χ3v) is 5.06. The summed E-state index contributed by atoms with van der Waals surface area (Å²) >= 11 is 0. The van der Waals surface area contributed by atoms with Gasteiger partial charge in [-0.25, -0.2) is 0 Å². The molecule has 0 radical (unpaired) electrons. The lowest BCUT2D eigenvalue weighted by Crippen LogP contribution is -2.29. The van der Waals surface area contributed by atoms with E-state index < -0.39 is 0 Å². The van der Waals surface area contributed by atoms with Crippen molar-refractivity contribution in [1.82, 2.24) is 0 Å². The van der Waals surface area contributed by atoms with Gasteiger partial charge in [-0.2, -0.15) is 0 Å². The average molecular weight is 396 g/mol. The van der Waals surface area contributed by atoms with Crippen LogP contribution in [-0.4, -0.2) is 59.0 Å². The molecule has 3 aromatic carbocycles. The first-order valence-corrected chi connectivity index (χ1v) is 10.2. The third-order valence-electron chi connectivity index (χ3n) is 5.06. The van der Waals surface area contributed by atoms with Crippen LogP contribution >= 0.6 is 0 Å². The molecule has 29 heavy (non-hydrogen) atoms. The number of hydrogen-bond acceptors (Lipinski definition) is 5. The summed E-state index contributed by atoms with van der Waals surface area (Å²) in [5.41, 5.74) is 1.21. The molecule has 0 bridgehead atoms. The van der Waals surface area contributed by atoms with E-state index in [2.05, 4.69) is 54.6 Å². The molecule has 1 unspecified atom stereocenters. The molecule has 0 saturated carbocycles. The van der Waals surface area contributed by atoms with Gasteiger partial charge in [0, 0.05) is 0 Å². The van der Waals surface area contributed by atoms with Gasteiger partial charge in [0.1, 0.15) is 6.10 Å². The highest BCUT2D eigenvalue weighted by Gasteiger charge is 2.13. The lowest BCUT2D eigenvalue weighted by Gasteiger charge is -2.20. The van der Waals surface area contributed by atoms with Crippen LogP contribution in [0.1, 0.15) is 5.56 Å². The van der Waals surface area contributed by atoms with Crippen molar-refractivity contribution in [3.63, 3.8) is 0 Å². The molecule has 5 nitrogen and oxygen atoms in total. The van der Waals surface area contributed by atoms with Crippen LogP contribution in [0.5, 0.6) is 0 Å². The Kier molecular flexibility index (Phi) is 7.45. The molecule has 3 aromatic rings. The number of rotatable bonds is 4. The second-order valence-electron chi connectivity index (χ2n) is 7.10. The van der Waals surface area contributed by atoms with Gasteiger partial charge in [0.25, 0.3) is 0 Å². The van der Waals surface area contributed by atoms with Crippen molar-refractivity contribution in [3.8, 4) is 0 Å². The Morgan fingerprint density at radius 2 is 1.31 bits per heavy atom. The Bertz CT molecular complexity index is 844. The maximum absolute atomic E-state index is 6.12. The summed E-state index contributed by atoms with van der Waals surface area (Å²) in [6.45, 7) is 4.85. The van der Waals surface area contributed by atoms with Gasteiger partial charge in [-0.3, -0.25) is 0 Å². The van der Waals surface area contributed by atoms with Crippen molar-refractivity contribution in [2.75, 3.05) is 52.9 Å². The minimum absolute atomic E-state index is 0.126. The molecule has 0 N–H and O–H groups in total. The van der Waals surface area contributed by atoms with E-state index >= 15 is 0 Å². The van der Waals surface area contributed by atoms with Gasteiger partial charge in [0.2, 0.25) is 0 Å². The highest BCUT2D eigenvalue weighted by atomic mass is 16.6. The van der Waals surface area contributed by atoms with Crippen LogP contribution in [0.25, 0.3) is 21.5 Å². The molecule has 1 aliphatic heterocycles. The van der Waals surface area contributed by atoms with Crippen molar-refractivity contribution in [2.45, 2.75) is 12.7 Å². The number of benzene rings is 3. The first-order valence-electron chi connectivity index (χ1n) is 10.2. The molecule has 1 aliphatic rings. The molecule has 5 heteroatoms. The summed E-state index contributed by atoms with van der Waals surface area (Å²) in [4.78, 5) is 0. The van der Waals surface area contributed by atoms with Gasteiger partial charge in [-0.05, 0) is 33.2 Å². The van der Waals surface area contributed by atoms with Crippen LogP contribution < -0.4 is 0 Å². The van der Waals surface area contributed by atoms with Crippen LogP contribution in [0.3, 0.4) is 0 Å². The molecule has 0 spiro atoms. The maximum Gasteiger partial charge on any atom is 0.104 e. The third kappa shape index (κ3) is 5.53. The monoisotopic (exact) mass is 396 g/mol. The van der Waals surface area contributed by atoms with Gasteiger partial charge < -0.3 is 23.7 Å². The number of fused-ring (bicyclic) bond motifs is 2. The van der Waals surface area contributed by atoms with E-state index in [1.165, 1.54) is 27.1 Å². The van der Waals surface area contributed by atoms with Gasteiger partial charge in [0.05, 0.1) is 59.5 Å². The maximum atomic E-state index is 6.12. The van der Waals surface area contributed by atoms with Crippen LogP contribution in [0, 0.1) is 0 Å². The topological polar surface area (TPSA) is 46.2 Å². The van der Waals surface area contributed by atoms with Crippen molar-refractivity contribution in [3.05, 3.63) is 60.2 Å². The zero-order valence-corrected chi connectivity index (χ0v) is 16.7. The SMILES string of the molecule is c1ccc2c(COCC3COCCOCCOCCO3)c3ccccc3cc2c1. The number of hydrogen-bond donors (Lipinski definition) is 0. The quantitative estimate of drug-likeness (QED) is 0.625. The van der Waals surface area contributed by atoms with Gasteiger partial charge >= 0.3 is 0 Å². The molecular formula is C24H28O5. The molecule has 1 heterocycles. The zero-order valence-electron chi connectivity index (χ0n) is 16.7. The smallest absolute Gasteiger partial charge is 0.104 e. The van der Waals surface area contributed by atoms with E-state index in [4.69, 9.17) is 23.7 Å². The fraction of sp³-hybridized carbons (Fsp3) is 0.417. The van der Waals surface area contributed by atoms with Crippen LogP contribution in [-0.2, 0) is 30.3 Å². The second-order valence-corrected chi connectivity index (χ2v) is 7.10. The molecule has 0 amide bonds. The van der Waals surface area contributed by atoms with Crippen molar-refractivity contribution >= 4 is 21.5 Å². The van der Waals surface area contributed by atoms with E-state index in [1.54, 1.807) is 0 Å². The summed E-state index contributed by atoms with van der Waals surface area (Å²) in [7, 11) is 0. The molecule has 154 valence electrons. The Balaban J connectivity index is 1.44. The lowest BCUT2D eigenvalue weighted by molar-refractivity contribution is -0.0920. The normalized spacial score (nSPS) is 19.7. The first-order chi connectivity index (χ1) is 14.4. The second kappa shape index (κ2) is 10.7. The molecular weight excluding hydrogens is 368 g/mol. The standard InChI is InChI=1S/C24H28O5/c1-3-7-22-19(5-1)15-20-6-2-4-8-23(20)24(22)18-28-17-21-16-27-12-11-25-9-10-26-13-14-29-21/h1-8,15,21H,9-14,16-18H2. The zero-order chi connectivity index (χ0) is 19.7. The molecule has 4 rings (SSSR count). The van der Waals surface area contributed by atoms with E-state index in [-0.39, 0.29) is 6.10 Å². The molecule has 0 aliphatic carbocycles. The summed E-state index contributed by atoms with van der Waals surface area (Å²) in [5, 5.41) is 4.92. The van der Waals surface area contributed by atoms with Crippen LogP contribution in [0.2, 0.25) is 0 Å². The predicted octanol–water partition coefficient (Wildman–Crippen LogP) is 3.96. The largest absolute Gasteiger partial charge is 0.377 e. The van der Waals surface area contributed by atoms with Gasteiger partial charge in [0.15, 0.2) is 0 Å². The molecule has 1 fully saturated rings. The average Bonchev–Trinajstić information content (AvgIpc) is 2.75. The highest BCUT2D eigenvalue weighted by Crippen LogP contribution is 2.29. The predicted molar refractivity (Wildman–Crippen MR) is 113 cm³/mol. The Morgan fingerprint density at radius 3 is 2.00 bits per heavy atom. The Morgan fingerprint density at radius 1 is 0.724 bits per heavy atom. The summed E-state index contributed by atoms with van der Waals surface area (Å²) in [6, 6.07) is 19.2. The summed E-state index contributed by atoms with van der Waals surface area (Å²) in [6.07, 6.45) is -0.126. The summed E-state index contributed by atoms with van der Waals surface area (Å²) in [5.74, 6) is 0. The van der Waals surface area contributed by atoms with Gasteiger partial charge in [-0.1, -0.05) is 48.5 Å². The fourth-order valence-electron chi connectivity index (χ4n) is 3.63. The van der Waals surface area contributed by atoms with E-state index in [9.17, 15) is 0 Å². The Hall–Kier alpha value is -2.02. The molecule has 1 atom stereocenters. The van der Waals surface area contributed by atoms with Crippen molar-refractivity contribution in [2.24, 2.45) is 0 Å². The number of ether oxygens (including phenoxy) is 5. The molecule has 1 saturated heterocycles. The summed E-state index contributed by atoms with van der Waals surface area (Å²) < 4.78 is 28.7. The Labute approximate surface area is 171 Å².